The van der Waals surface area contributed by atoms with E-state index >= 15 is 0 Å². The second-order valence-electron chi connectivity index (χ2n) is 4.79. The lowest BCUT2D eigenvalue weighted by molar-refractivity contribution is 0.802. The Labute approximate surface area is 122 Å². The Kier molecular flexibility index (Phi) is 3.59. The van der Waals surface area contributed by atoms with Crippen molar-refractivity contribution in [2.24, 2.45) is 0 Å². The van der Waals surface area contributed by atoms with Crippen LogP contribution in [0.2, 0.25) is 0 Å². The van der Waals surface area contributed by atoms with Crippen LogP contribution in [-0.4, -0.2) is 24.9 Å². The third-order valence-corrected chi connectivity index (χ3v) is 3.09. The molecule has 3 aromatic heterocycles. The van der Waals surface area contributed by atoms with Crippen LogP contribution in [0.4, 0.5) is 5.82 Å². The molecule has 0 aliphatic heterocycles. The molecule has 6 heteroatoms. The van der Waals surface area contributed by atoms with Gasteiger partial charge >= 0.3 is 0 Å². The van der Waals surface area contributed by atoms with Crippen molar-refractivity contribution in [3.63, 3.8) is 0 Å². The van der Waals surface area contributed by atoms with E-state index < -0.39 is 0 Å². The summed E-state index contributed by atoms with van der Waals surface area (Å²) in [6.07, 6.45) is 7.02. The smallest absolute Gasteiger partial charge is 0.161 e. The van der Waals surface area contributed by atoms with E-state index in [4.69, 9.17) is 0 Å². The number of H-pyrrole nitrogens is 1. The van der Waals surface area contributed by atoms with Crippen LogP contribution in [0.1, 0.15) is 24.5 Å². The molecule has 1 atom stereocenters. The molecule has 0 aliphatic rings. The molecule has 0 radical (unpaired) electrons. The Balaban J connectivity index is 1.88. The Morgan fingerprint density at radius 2 is 1.95 bits per heavy atom. The molecule has 21 heavy (non-hydrogen) atoms. The summed E-state index contributed by atoms with van der Waals surface area (Å²) in [7, 11) is 0. The molecule has 3 aromatic rings. The van der Waals surface area contributed by atoms with Gasteiger partial charge < -0.3 is 10.3 Å². The van der Waals surface area contributed by atoms with Crippen molar-refractivity contribution in [2.75, 3.05) is 5.32 Å². The quantitative estimate of drug-likeness (QED) is 0.768. The minimum atomic E-state index is 0.0413. The molecule has 0 aromatic carbocycles. The fraction of sp³-hybridized carbons (Fsp3) is 0.200. The van der Waals surface area contributed by atoms with Crippen LogP contribution in [0.15, 0.2) is 43.0 Å². The Bertz CT molecular complexity index is 708. The van der Waals surface area contributed by atoms with Crippen molar-refractivity contribution in [2.45, 2.75) is 19.9 Å². The number of aryl methyl sites for hydroxylation is 1. The van der Waals surface area contributed by atoms with Crippen LogP contribution < -0.4 is 5.32 Å². The first kappa shape index (κ1) is 13.2. The van der Waals surface area contributed by atoms with Crippen LogP contribution >= 0.6 is 0 Å². The molecule has 2 N–H and O–H groups in total. The van der Waals surface area contributed by atoms with Gasteiger partial charge in [0.2, 0.25) is 0 Å². The van der Waals surface area contributed by atoms with E-state index in [0.29, 0.717) is 5.82 Å². The first-order valence-electron chi connectivity index (χ1n) is 6.74. The Morgan fingerprint density at radius 3 is 2.67 bits per heavy atom. The molecule has 3 heterocycles. The summed E-state index contributed by atoms with van der Waals surface area (Å²) in [6.45, 7) is 3.98. The van der Waals surface area contributed by atoms with Crippen molar-refractivity contribution in [1.82, 2.24) is 24.9 Å². The fourth-order valence-corrected chi connectivity index (χ4v) is 2.08. The van der Waals surface area contributed by atoms with Crippen LogP contribution in [0.5, 0.6) is 0 Å². The first-order chi connectivity index (χ1) is 10.2. The van der Waals surface area contributed by atoms with Crippen molar-refractivity contribution in [1.29, 1.82) is 0 Å². The summed E-state index contributed by atoms with van der Waals surface area (Å²) in [5, 5.41) is 3.33. The fourth-order valence-electron chi connectivity index (χ4n) is 2.08. The SMILES string of the molecule is Cc1cc(N[C@@H](C)c2ncc[nH]2)nc(-c2ccncc2)n1. The molecular weight excluding hydrogens is 264 g/mol. The number of anilines is 1. The van der Waals surface area contributed by atoms with Gasteiger partial charge in [-0.2, -0.15) is 0 Å². The molecule has 6 nitrogen and oxygen atoms in total. The van der Waals surface area contributed by atoms with Crippen LogP contribution in [0.25, 0.3) is 11.4 Å². The number of imidazole rings is 1. The first-order valence-corrected chi connectivity index (χ1v) is 6.74. The van der Waals surface area contributed by atoms with Gasteiger partial charge in [-0.1, -0.05) is 0 Å². The molecule has 0 saturated carbocycles. The Morgan fingerprint density at radius 1 is 1.14 bits per heavy atom. The molecule has 0 aliphatic carbocycles. The minimum absolute atomic E-state index is 0.0413. The van der Waals surface area contributed by atoms with Crippen molar-refractivity contribution >= 4 is 5.82 Å². The average Bonchev–Trinajstić information content (AvgIpc) is 3.02. The number of aromatic nitrogens is 5. The summed E-state index contributed by atoms with van der Waals surface area (Å²) >= 11 is 0. The number of hydrogen-bond donors (Lipinski definition) is 2. The van der Waals surface area contributed by atoms with Gasteiger partial charge in [0.1, 0.15) is 11.6 Å². The average molecular weight is 280 g/mol. The monoisotopic (exact) mass is 280 g/mol. The third-order valence-electron chi connectivity index (χ3n) is 3.09. The van der Waals surface area contributed by atoms with Gasteiger partial charge in [-0.05, 0) is 26.0 Å². The maximum Gasteiger partial charge on any atom is 0.161 e. The van der Waals surface area contributed by atoms with Crippen molar-refractivity contribution in [3.8, 4) is 11.4 Å². The highest BCUT2D eigenvalue weighted by Gasteiger charge is 2.10. The lowest BCUT2D eigenvalue weighted by Gasteiger charge is -2.13. The molecule has 106 valence electrons. The van der Waals surface area contributed by atoms with Gasteiger partial charge in [-0.25, -0.2) is 15.0 Å². The van der Waals surface area contributed by atoms with Crippen LogP contribution in [0, 0.1) is 6.92 Å². The van der Waals surface area contributed by atoms with Gasteiger partial charge in [-0.15, -0.1) is 0 Å². The summed E-state index contributed by atoms with van der Waals surface area (Å²) in [5.41, 5.74) is 1.85. The molecule has 3 rings (SSSR count). The van der Waals surface area contributed by atoms with Gasteiger partial charge in [0, 0.05) is 42.1 Å². The summed E-state index contributed by atoms with van der Waals surface area (Å²) in [4.78, 5) is 20.4. The van der Waals surface area contributed by atoms with E-state index in [9.17, 15) is 0 Å². The number of nitrogens with one attached hydrogen (secondary N) is 2. The topological polar surface area (TPSA) is 79.4 Å². The number of aromatic amines is 1. The van der Waals surface area contributed by atoms with E-state index in [1.807, 2.05) is 32.0 Å². The molecule has 0 spiro atoms. The lowest BCUT2D eigenvalue weighted by Crippen LogP contribution is -2.10. The van der Waals surface area contributed by atoms with Crippen molar-refractivity contribution in [3.05, 3.63) is 54.5 Å². The van der Waals surface area contributed by atoms with Gasteiger partial charge in [0.15, 0.2) is 5.82 Å². The van der Waals surface area contributed by atoms with Crippen molar-refractivity contribution < 1.29 is 0 Å². The molecule has 0 unspecified atom stereocenters. The molecular formula is C15H16N6. The zero-order chi connectivity index (χ0) is 14.7. The molecule has 0 bridgehead atoms. The number of hydrogen-bond acceptors (Lipinski definition) is 5. The summed E-state index contributed by atoms with van der Waals surface area (Å²) in [6, 6.07) is 5.76. The summed E-state index contributed by atoms with van der Waals surface area (Å²) in [5.74, 6) is 2.33. The Hall–Kier alpha value is -2.76. The molecule has 0 saturated heterocycles. The maximum absolute atomic E-state index is 4.56. The zero-order valence-electron chi connectivity index (χ0n) is 11.9. The minimum Gasteiger partial charge on any atom is -0.360 e. The highest BCUT2D eigenvalue weighted by atomic mass is 15.1. The van der Waals surface area contributed by atoms with Gasteiger partial charge in [0.05, 0.1) is 6.04 Å². The van der Waals surface area contributed by atoms with Crippen LogP contribution in [-0.2, 0) is 0 Å². The van der Waals surface area contributed by atoms with Gasteiger partial charge in [0.25, 0.3) is 0 Å². The largest absolute Gasteiger partial charge is 0.360 e. The number of rotatable bonds is 4. The van der Waals surface area contributed by atoms with E-state index in [-0.39, 0.29) is 6.04 Å². The predicted octanol–water partition coefficient (Wildman–Crippen LogP) is 2.74. The van der Waals surface area contributed by atoms with Gasteiger partial charge in [-0.3, -0.25) is 4.98 Å². The normalized spacial score (nSPS) is 12.1. The number of nitrogens with zero attached hydrogens (tertiary/aromatic N) is 4. The van der Waals surface area contributed by atoms with E-state index in [0.717, 1.165) is 22.9 Å². The van der Waals surface area contributed by atoms with Crippen LogP contribution in [0.3, 0.4) is 0 Å². The predicted molar refractivity (Wildman–Crippen MR) is 80.6 cm³/mol. The number of pyridine rings is 1. The van der Waals surface area contributed by atoms with E-state index in [1.54, 1.807) is 24.8 Å². The second kappa shape index (κ2) is 5.70. The standard InChI is InChI=1S/C15H16N6/c1-10-9-13(20-11(2)14-17-7-8-18-14)21-15(19-10)12-3-5-16-6-4-12/h3-9,11H,1-2H3,(H,17,18)(H,19,20,21)/t11-/m0/s1. The van der Waals surface area contributed by atoms with E-state index in [1.165, 1.54) is 0 Å². The maximum atomic E-state index is 4.56. The zero-order valence-corrected chi connectivity index (χ0v) is 11.9. The second-order valence-corrected chi connectivity index (χ2v) is 4.79. The lowest BCUT2D eigenvalue weighted by atomic mass is 10.2. The molecule has 0 fully saturated rings. The molecule has 0 amide bonds. The summed E-state index contributed by atoms with van der Waals surface area (Å²) < 4.78 is 0. The highest BCUT2D eigenvalue weighted by Crippen LogP contribution is 2.19. The van der Waals surface area contributed by atoms with E-state index in [2.05, 4.69) is 30.2 Å². The highest BCUT2D eigenvalue weighted by molar-refractivity contribution is 5.56. The third kappa shape index (κ3) is 3.05.